The van der Waals surface area contributed by atoms with Gasteiger partial charge in [-0.15, -0.1) is 0 Å². The van der Waals surface area contributed by atoms with Gasteiger partial charge in [-0.05, 0) is 20.8 Å². The maximum absolute atomic E-state index is 8.58. The summed E-state index contributed by atoms with van der Waals surface area (Å²) in [6.07, 6.45) is 0. The summed E-state index contributed by atoms with van der Waals surface area (Å²) >= 11 is -5.62. The second kappa shape index (κ2) is 8.27. The van der Waals surface area contributed by atoms with Gasteiger partial charge in [0.25, 0.3) is 0 Å². The molecule has 0 radical (unpaired) electrons. The van der Waals surface area contributed by atoms with Gasteiger partial charge in [-0.1, -0.05) is 30.3 Å². The van der Waals surface area contributed by atoms with E-state index in [2.05, 4.69) is 51.1 Å². The fourth-order valence-electron chi connectivity index (χ4n) is 1.98. The maximum atomic E-state index is 8.58. The topological polar surface area (TPSA) is 74.3 Å². The van der Waals surface area contributed by atoms with E-state index in [-0.39, 0.29) is 0 Å². The monoisotopic (exact) mass is 311 g/mol. The molecule has 0 atom stereocenters. The van der Waals surface area contributed by atoms with Gasteiger partial charge in [0.15, 0.2) is 0 Å². The van der Waals surface area contributed by atoms with Crippen LogP contribution in [-0.2, 0) is 31.0 Å². The van der Waals surface area contributed by atoms with E-state index in [1.54, 1.807) is 0 Å². The van der Waals surface area contributed by atoms with Crippen LogP contribution in [0.5, 0.6) is 0 Å². The molecule has 19 heavy (non-hydrogen) atoms. The summed E-state index contributed by atoms with van der Waals surface area (Å²) in [5.74, 6) is 0. The van der Waals surface area contributed by atoms with Crippen LogP contribution in [0.25, 0.3) is 0 Å². The predicted octanol–water partition coefficient (Wildman–Crippen LogP) is 1.52. The Kier molecular flexibility index (Phi) is 7.86. The molecule has 0 bridgehead atoms. The number of rotatable bonds is 5. The molecule has 0 aliphatic rings. The van der Waals surface area contributed by atoms with Gasteiger partial charge in [-0.2, -0.15) is 0 Å². The van der Waals surface area contributed by atoms with Crippen molar-refractivity contribution in [3.8, 4) is 0 Å². The molecule has 0 N–H and O–H groups in total. The molecule has 110 valence electrons. The van der Waals surface area contributed by atoms with Gasteiger partial charge in [-0.25, -0.2) is 0 Å². The van der Waals surface area contributed by atoms with Crippen LogP contribution in [0.2, 0.25) is 0 Å². The Morgan fingerprint density at radius 1 is 0.947 bits per heavy atom. The van der Waals surface area contributed by atoms with Crippen molar-refractivity contribution in [1.29, 1.82) is 0 Å². The minimum atomic E-state index is -5.62. The van der Waals surface area contributed by atoms with Crippen LogP contribution >= 0.6 is 0 Å². The Bertz CT molecular complexity index is 479. The van der Waals surface area contributed by atoms with Crippen LogP contribution < -0.4 is 4.19 Å². The molecule has 1 rings (SSSR count). The third-order valence-electron chi connectivity index (χ3n) is 3.37. The number of hydrogen-bond acceptors (Lipinski definition) is 4. The van der Waals surface area contributed by atoms with Crippen molar-refractivity contribution in [2.45, 2.75) is 27.3 Å². The molecule has 6 heteroatoms. The van der Waals surface area contributed by atoms with Gasteiger partial charge < -0.3 is 4.48 Å². The first-order valence-corrected chi connectivity index (χ1v) is 8.20. The Labute approximate surface area is 116 Å². The molecule has 5 nitrogen and oxygen atoms in total. The molecule has 0 heterocycles. The zero-order chi connectivity index (χ0) is 14.9. The van der Waals surface area contributed by atoms with Gasteiger partial charge in [0.05, 0.1) is 19.6 Å². The standard InChI is InChI=1S/C13H22N.Mn.4O/c1-4-14(5-2,6-3)12-13-10-8-7-9-11-13;;;;;/h7-11H,4-6,12H2,1-3H3;;;;;/q+1;;;;;-1. The average Bonchev–Trinajstić information content (AvgIpc) is 2.35. The summed E-state index contributed by atoms with van der Waals surface area (Å²) in [6, 6.07) is 10.8. The van der Waals surface area contributed by atoms with Crippen molar-refractivity contribution >= 4 is 0 Å². The van der Waals surface area contributed by atoms with Crippen molar-refractivity contribution in [1.82, 2.24) is 0 Å². The molecule has 0 fully saturated rings. The van der Waals surface area contributed by atoms with Gasteiger partial charge in [0, 0.05) is 5.56 Å². The average molecular weight is 311 g/mol. The van der Waals surface area contributed by atoms with Crippen molar-refractivity contribution in [3.05, 3.63) is 35.9 Å². The molecule has 0 unspecified atom stereocenters. The van der Waals surface area contributed by atoms with E-state index >= 15 is 0 Å². The molecule has 0 aliphatic heterocycles. The summed E-state index contributed by atoms with van der Waals surface area (Å²) in [5, 5.41) is 0. The SMILES string of the molecule is CC[N+](CC)(CC)Cc1ccccc1.[O]=[Mn](=[O])(=[O])[O-]. The van der Waals surface area contributed by atoms with Crippen molar-refractivity contribution < 1.29 is 33.1 Å². The summed E-state index contributed by atoms with van der Waals surface area (Å²) in [6.45, 7) is 11.7. The Morgan fingerprint density at radius 3 is 1.63 bits per heavy atom. The second-order valence-corrected chi connectivity index (χ2v) is 5.49. The summed E-state index contributed by atoms with van der Waals surface area (Å²) in [4.78, 5) is 0. The van der Waals surface area contributed by atoms with E-state index in [0.717, 1.165) is 0 Å². The third-order valence-corrected chi connectivity index (χ3v) is 3.37. The molecular formula is C13H22MnNO4. The first kappa shape index (κ1) is 18.1. The number of quaternary nitrogens is 1. The predicted molar refractivity (Wildman–Crippen MR) is 64.1 cm³/mol. The Morgan fingerprint density at radius 2 is 1.32 bits per heavy atom. The van der Waals surface area contributed by atoms with Gasteiger partial charge >= 0.3 is 28.7 Å². The molecular weight excluding hydrogens is 289 g/mol. The zero-order valence-electron chi connectivity index (χ0n) is 11.7. The van der Waals surface area contributed by atoms with Crippen LogP contribution in [-0.4, -0.2) is 24.1 Å². The van der Waals surface area contributed by atoms with Gasteiger partial charge in [0.1, 0.15) is 6.54 Å². The molecule has 1 aromatic carbocycles. The zero-order valence-corrected chi connectivity index (χ0v) is 12.9. The minimum absolute atomic E-state index is 1.17. The molecule has 0 aliphatic carbocycles. The van der Waals surface area contributed by atoms with E-state index in [1.807, 2.05) is 0 Å². The molecule has 1 aromatic rings. The van der Waals surface area contributed by atoms with Crippen molar-refractivity contribution in [2.24, 2.45) is 0 Å². The van der Waals surface area contributed by atoms with E-state index < -0.39 is 13.0 Å². The second-order valence-electron chi connectivity index (χ2n) is 4.31. The Balaban J connectivity index is 0.000000555. The number of nitrogens with zero attached hydrogens (tertiary/aromatic N) is 1. The van der Waals surface area contributed by atoms with E-state index in [9.17, 15) is 0 Å². The quantitative estimate of drug-likeness (QED) is 0.610. The number of benzene rings is 1. The first-order chi connectivity index (χ1) is 8.76. The third kappa shape index (κ3) is 8.72. The molecule has 0 amide bonds. The summed E-state index contributed by atoms with van der Waals surface area (Å²) < 4.78 is 35.5. The molecule has 0 spiro atoms. The van der Waals surface area contributed by atoms with Crippen LogP contribution in [0.15, 0.2) is 30.3 Å². The molecule has 0 aromatic heterocycles. The van der Waals surface area contributed by atoms with Crippen LogP contribution in [0, 0.1) is 0 Å². The molecule has 0 saturated carbocycles. The number of hydrogen-bond donors (Lipinski definition) is 0. The molecule has 0 saturated heterocycles. The van der Waals surface area contributed by atoms with Crippen LogP contribution in [0.3, 0.4) is 0 Å². The normalized spacial score (nSPS) is 11.6. The fraction of sp³-hybridized carbons (Fsp3) is 0.538. The van der Waals surface area contributed by atoms with Gasteiger partial charge in [-0.3, -0.25) is 0 Å². The van der Waals surface area contributed by atoms with Crippen molar-refractivity contribution in [2.75, 3.05) is 19.6 Å². The van der Waals surface area contributed by atoms with Crippen LogP contribution in [0.4, 0.5) is 0 Å². The fourth-order valence-corrected chi connectivity index (χ4v) is 1.98. The van der Waals surface area contributed by atoms with Crippen molar-refractivity contribution in [3.63, 3.8) is 0 Å². The summed E-state index contributed by atoms with van der Waals surface area (Å²) in [7, 11) is 0. The van der Waals surface area contributed by atoms with Gasteiger partial charge in [0.2, 0.25) is 0 Å². The summed E-state index contributed by atoms with van der Waals surface area (Å²) in [5.41, 5.74) is 1.46. The van der Waals surface area contributed by atoms with Crippen LogP contribution in [0.1, 0.15) is 26.3 Å². The van der Waals surface area contributed by atoms with E-state index in [4.69, 9.17) is 15.7 Å². The van der Waals surface area contributed by atoms with E-state index in [0.29, 0.717) is 0 Å². The first-order valence-electron chi connectivity index (χ1n) is 6.27. The Hall–Kier alpha value is -0.941. The van der Waals surface area contributed by atoms with E-state index in [1.165, 1.54) is 36.2 Å².